The van der Waals surface area contributed by atoms with Gasteiger partial charge in [0.05, 0.1) is 0 Å². The first-order valence-electron chi connectivity index (χ1n) is 13.8. The molecular weight excluding hydrogens is 501 g/mol. The molecule has 0 saturated carbocycles. The number of para-hydroxylation sites is 1. The Morgan fingerprint density at radius 1 is 0.475 bits per heavy atom. The molecule has 1 atom stereocenters. The van der Waals surface area contributed by atoms with Crippen LogP contribution in [0.1, 0.15) is 22.6 Å². The number of hydrogen-bond acceptors (Lipinski definition) is 0. The van der Waals surface area contributed by atoms with Crippen LogP contribution in [0.2, 0.25) is 0 Å². The van der Waals surface area contributed by atoms with Gasteiger partial charge in [0.25, 0.3) is 0 Å². The molecule has 0 aliphatic heterocycles. The first kappa shape index (κ1) is 24.6. The minimum Gasteiger partial charge on any atom is -0.350 e. The molecule has 0 spiro atoms. The molecule has 40 heavy (non-hydrogen) atoms. The molecule has 0 radical (unpaired) electrons. The summed E-state index contributed by atoms with van der Waals surface area (Å²) in [7, 11) is 1.40. The lowest BCUT2D eigenvalue weighted by Gasteiger charge is -2.27. The van der Waals surface area contributed by atoms with Crippen molar-refractivity contribution in [3.8, 4) is 0 Å². The largest absolute Gasteiger partial charge is 0.350 e. The average Bonchev–Trinajstić information content (AvgIpc) is 3.35. The molecule has 7 rings (SSSR count). The summed E-state index contributed by atoms with van der Waals surface area (Å²) in [6.07, 6.45) is 2.35. The van der Waals surface area contributed by atoms with E-state index in [1.165, 1.54) is 54.3 Å². The number of rotatable bonds is 6. The van der Waals surface area contributed by atoms with E-state index < -0.39 is 7.92 Å². The van der Waals surface area contributed by atoms with Crippen molar-refractivity contribution in [2.24, 2.45) is 7.05 Å². The maximum absolute atomic E-state index is 2.37. The van der Waals surface area contributed by atoms with E-state index >= 15 is 0 Å². The maximum atomic E-state index is 2.37. The lowest BCUT2D eigenvalue weighted by molar-refractivity contribution is 0.934. The van der Waals surface area contributed by atoms with Crippen LogP contribution in [0.5, 0.6) is 0 Å². The zero-order valence-electron chi connectivity index (χ0n) is 22.5. The molecule has 0 fully saturated rings. The predicted molar refractivity (Wildman–Crippen MR) is 173 cm³/mol. The molecule has 6 aromatic carbocycles. The normalized spacial score (nSPS) is 12.2. The molecule has 1 aromatic heterocycles. The van der Waals surface area contributed by atoms with Crippen molar-refractivity contribution in [2.75, 3.05) is 0 Å². The molecule has 0 amide bonds. The quantitative estimate of drug-likeness (QED) is 0.190. The summed E-state index contributed by atoms with van der Waals surface area (Å²) in [6.45, 7) is 0. The van der Waals surface area contributed by atoms with Crippen LogP contribution in [-0.4, -0.2) is 4.57 Å². The van der Waals surface area contributed by atoms with Gasteiger partial charge in [-0.3, -0.25) is 0 Å². The standard InChI is InChI=1S/C38H30NP/c1-39-27-35(32-22-10-12-25-36(32)39)38(33-24-14-16-28-15-8-9-21-31(28)33)34-23-11-13-26-37(34)40(29-17-4-2-5-18-29)30-19-6-3-7-20-30/h2-27,38H,1H3. The molecule has 1 heterocycles. The fraction of sp³-hybridized carbons (Fsp3) is 0.0526. The first-order chi connectivity index (χ1) is 19.8. The summed E-state index contributed by atoms with van der Waals surface area (Å²) in [5.74, 6) is 0.0748. The lowest BCUT2D eigenvalue weighted by atomic mass is 9.82. The van der Waals surface area contributed by atoms with Gasteiger partial charge in [0.2, 0.25) is 0 Å². The Morgan fingerprint density at radius 3 is 1.77 bits per heavy atom. The van der Waals surface area contributed by atoms with Gasteiger partial charge in [0, 0.05) is 30.1 Å². The lowest BCUT2D eigenvalue weighted by Crippen LogP contribution is -2.25. The number of benzene rings is 6. The third-order valence-corrected chi connectivity index (χ3v) is 10.4. The van der Waals surface area contributed by atoms with E-state index in [9.17, 15) is 0 Å². The van der Waals surface area contributed by atoms with Crippen LogP contribution in [0.15, 0.2) is 158 Å². The molecule has 1 nitrogen and oxygen atoms in total. The molecule has 1 unspecified atom stereocenters. The van der Waals surface area contributed by atoms with E-state index in [0.717, 1.165) is 0 Å². The Hall–Kier alpha value is -4.45. The van der Waals surface area contributed by atoms with Crippen LogP contribution in [0.3, 0.4) is 0 Å². The van der Waals surface area contributed by atoms with Gasteiger partial charge < -0.3 is 4.57 Å². The zero-order chi connectivity index (χ0) is 26.9. The minimum absolute atomic E-state index is 0.0748. The van der Waals surface area contributed by atoms with Gasteiger partial charge in [0.1, 0.15) is 0 Å². The number of aryl methyl sites for hydroxylation is 1. The van der Waals surface area contributed by atoms with Crippen LogP contribution in [0.25, 0.3) is 21.7 Å². The summed E-state index contributed by atoms with van der Waals surface area (Å²) in [5.41, 5.74) is 5.32. The predicted octanol–water partition coefficient (Wildman–Crippen LogP) is 8.27. The summed E-state index contributed by atoms with van der Waals surface area (Å²) < 4.78 is 2.28. The number of fused-ring (bicyclic) bond motifs is 2. The van der Waals surface area contributed by atoms with Gasteiger partial charge in [-0.05, 0) is 57.4 Å². The fourth-order valence-corrected chi connectivity index (χ4v) is 8.62. The molecule has 0 bridgehead atoms. The van der Waals surface area contributed by atoms with Gasteiger partial charge in [-0.1, -0.05) is 146 Å². The van der Waals surface area contributed by atoms with Crippen LogP contribution in [0, 0.1) is 0 Å². The Kier molecular flexibility index (Phi) is 6.52. The van der Waals surface area contributed by atoms with Crippen molar-refractivity contribution in [1.29, 1.82) is 0 Å². The highest BCUT2D eigenvalue weighted by molar-refractivity contribution is 7.79. The van der Waals surface area contributed by atoms with Gasteiger partial charge in [-0.15, -0.1) is 0 Å². The monoisotopic (exact) mass is 531 g/mol. The summed E-state index contributed by atoms with van der Waals surface area (Å²) in [4.78, 5) is 0. The molecule has 2 heteroatoms. The Bertz CT molecular complexity index is 1880. The van der Waals surface area contributed by atoms with Gasteiger partial charge in [-0.2, -0.15) is 0 Å². The van der Waals surface area contributed by atoms with E-state index in [4.69, 9.17) is 0 Å². The first-order valence-corrected chi connectivity index (χ1v) is 15.1. The number of aromatic nitrogens is 1. The Morgan fingerprint density at radius 2 is 1.02 bits per heavy atom. The van der Waals surface area contributed by atoms with Crippen LogP contribution in [0.4, 0.5) is 0 Å². The van der Waals surface area contributed by atoms with Crippen molar-refractivity contribution < 1.29 is 0 Å². The highest BCUT2D eigenvalue weighted by Crippen LogP contribution is 2.43. The van der Waals surface area contributed by atoms with Gasteiger partial charge >= 0.3 is 0 Å². The third-order valence-electron chi connectivity index (χ3n) is 7.89. The molecule has 0 aliphatic rings. The highest BCUT2D eigenvalue weighted by atomic mass is 31.1. The van der Waals surface area contributed by atoms with Gasteiger partial charge in [-0.25, -0.2) is 0 Å². The molecule has 0 N–H and O–H groups in total. The molecule has 7 aromatic rings. The maximum Gasteiger partial charge on any atom is 0.0480 e. The average molecular weight is 532 g/mol. The summed E-state index contributed by atoms with van der Waals surface area (Å²) in [5, 5.41) is 8.02. The molecule has 0 saturated heterocycles. The van der Waals surface area contributed by atoms with Crippen molar-refractivity contribution in [1.82, 2.24) is 4.57 Å². The van der Waals surface area contributed by atoms with E-state index in [1.54, 1.807) is 0 Å². The zero-order valence-corrected chi connectivity index (χ0v) is 23.4. The third kappa shape index (κ3) is 4.34. The van der Waals surface area contributed by atoms with Gasteiger partial charge in [0.15, 0.2) is 0 Å². The highest BCUT2D eigenvalue weighted by Gasteiger charge is 2.28. The Labute approximate surface area is 237 Å². The van der Waals surface area contributed by atoms with E-state index in [-0.39, 0.29) is 5.92 Å². The minimum atomic E-state index is -0.766. The van der Waals surface area contributed by atoms with Crippen molar-refractivity contribution in [3.63, 3.8) is 0 Å². The fourth-order valence-electron chi connectivity index (χ4n) is 6.12. The van der Waals surface area contributed by atoms with Crippen LogP contribution in [-0.2, 0) is 7.05 Å². The van der Waals surface area contributed by atoms with E-state index in [2.05, 4.69) is 169 Å². The topological polar surface area (TPSA) is 4.93 Å². The molecule has 0 aliphatic carbocycles. The molecular formula is C38H30NP. The second-order valence-electron chi connectivity index (χ2n) is 10.3. The molecule has 192 valence electrons. The van der Waals surface area contributed by atoms with E-state index in [1.807, 2.05) is 0 Å². The second-order valence-corrected chi connectivity index (χ2v) is 12.5. The smallest absolute Gasteiger partial charge is 0.0480 e. The second kappa shape index (κ2) is 10.6. The van der Waals surface area contributed by atoms with Crippen molar-refractivity contribution in [3.05, 3.63) is 175 Å². The Balaban J connectivity index is 1.55. The van der Waals surface area contributed by atoms with Crippen molar-refractivity contribution >= 4 is 45.5 Å². The summed E-state index contributed by atoms with van der Waals surface area (Å²) in [6, 6.07) is 55.6. The SMILES string of the molecule is Cn1cc(C(c2ccccc2P(c2ccccc2)c2ccccc2)c2cccc3ccccc23)c2ccccc21. The summed E-state index contributed by atoms with van der Waals surface area (Å²) >= 11 is 0. The van der Waals surface area contributed by atoms with Crippen molar-refractivity contribution in [2.45, 2.75) is 5.92 Å². The number of hydrogen-bond donors (Lipinski definition) is 0. The van der Waals surface area contributed by atoms with E-state index in [0.29, 0.717) is 0 Å². The van der Waals surface area contributed by atoms with Crippen LogP contribution < -0.4 is 15.9 Å². The number of nitrogens with zero attached hydrogens (tertiary/aromatic N) is 1. The van der Waals surface area contributed by atoms with Crippen LogP contribution >= 0.6 is 7.92 Å².